The summed E-state index contributed by atoms with van der Waals surface area (Å²) in [6.07, 6.45) is 5.12. The minimum Gasteiger partial charge on any atom is -0.508 e. The summed E-state index contributed by atoms with van der Waals surface area (Å²) in [6, 6.07) is 12.7. The number of benzene rings is 1. The third kappa shape index (κ3) is 3.30. The number of rotatable bonds is 3. The van der Waals surface area contributed by atoms with Gasteiger partial charge < -0.3 is 10.0 Å². The van der Waals surface area contributed by atoms with Crippen molar-refractivity contribution in [3.8, 4) is 5.75 Å². The molecule has 2 heterocycles. The van der Waals surface area contributed by atoms with Crippen molar-refractivity contribution in [3.63, 3.8) is 0 Å². The Kier molecular flexibility index (Phi) is 4.50. The Morgan fingerprint density at radius 1 is 1.28 bits per heavy atom. The number of hydrogen-bond donors (Lipinski definition) is 1. The van der Waals surface area contributed by atoms with Crippen molar-refractivity contribution >= 4 is 11.8 Å². The van der Waals surface area contributed by atoms with E-state index in [-0.39, 0.29) is 5.41 Å². The lowest BCUT2D eigenvalue weighted by atomic mass is 9.63. The van der Waals surface area contributed by atoms with Crippen molar-refractivity contribution in [2.75, 3.05) is 19.3 Å². The number of phenols is 1. The van der Waals surface area contributed by atoms with Gasteiger partial charge in [0.1, 0.15) is 5.75 Å². The molecular formula is C21H26N2OS. The second kappa shape index (κ2) is 6.65. The number of hydrogen-bond acceptors (Lipinski definition) is 4. The van der Waals surface area contributed by atoms with E-state index in [1.54, 1.807) is 0 Å². The summed E-state index contributed by atoms with van der Waals surface area (Å²) in [5.74, 6) is 2.24. The molecule has 0 saturated carbocycles. The molecule has 4 rings (SSSR count). The molecule has 1 aromatic heterocycles. The van der Waals surface area contributed by atoms with Crippen LogP contribution in [0, 0.1) is 11.3 Å². The minimum atomic E-state index is 0.230. The lowest BCUT2D eigenvalue weighted by Gasteiger charge is -2.53. The normalized spacial score (nSPS) is 29.0. The number of piperidine rings is 1. The van der Waals surface area contributed by atoms with Crippen LogP contribution >= 0.6 is 11.8 Å². The Hall–Kier alpha value is -1.52. The van der Waals surface area contributed by atoms with Crippen LogP contribution in [-0.4, -0.2) is 40.4 Å². The molecule has 1 aromatic carbocycles. The fraction of sp³-hybridized carbons (Fsp3) is 0.476. The molecule has 3 nitrogen and oxygen atoms in total. The number of nitrogens with zero attached hydrogens (tertiary/aromatic N) is 2. The summed E-state index contributed by atoms with van der Waals surface area (Å²) >= 11 is 1.87. The van der Waals surface area contributed by atoms with Crippen LogP contribution in [0.1, 0.15) is 24.5 Å². The summed E-state index contributed by atoms with van der Waals surface area (Å²) in [7, 11) is 2.27. The van der Waals surface area contributed by atoms with Gasteiger partial charge in [-0.3, -0.25) is 0 Å². The average molecular weight is 355 g/mol. The fourth-order valence-corrected chi connectivity index (χ4v) is 5.83. The van der Waals surface area contributed by atoms with Gasteiger partial charge in [-0.2, -0.15) is 0 Å². The van der Waals surface area contributed by atoms with Gasteiger partial charge in [-0.1, -0.05) is 25.1 Å². The molecule has 0 spiro atoms. The van der Waals surface area contributed by atoms with Gasteiger partial charge in [-0.15, -0.1) is 11.8 Å². The molecule has 4 heteroatoms. The molecule has 0 radical (unpaired) electrons. The van der Waals surface area contributed by atoms with E-state index in [0.717, 1.165) is 30.2 Å². The molecule has 2 aromatic rings. The van der Waals surface area contributed by atoms with E-state index in [1.807, 2.05) is 36.2 Å². The summed E-state index contributed by atoms with van der Waals surface area (Å²) in [5.41, 5.74) is 2.73. The Morgan fingerprint density at radius 2 is 2.16 bits per heavy atom. The van der Waals surface area contributed by atoms with E-state index < -0.39 is 0 Å². The molecule has 1 saturated heterocycles. The maximum atomic E-state index is 10.3. The predicted molar refractivity (Wildman–Crippen MR) is 103 cm³/mol. The second-order valence-corrected chi connectivity index (χ2v) is 8.99. The van der Waals surface area contributed by atoms with E-state index in [4.69, 9.17) is 0 Å². The number of pyridine rings is 1. The number of thioether (sulfide) groups is 1. The predicted octanol–water partition coefficient (Wildman–Crippen LogP) is 4.00. The fourth-order valence-electron chi connectivity index (χ4n) is 4.89. The number of aromatic nitrogens is 1. The van der Waals surface area contributed by atoms with E-state index in [2.05, 4.69) is 42.1 Å². The topological polar surface area (TPSA) is 36.4 Å². The SMILES string of the molecule is CN1C[C@H](CSc2ccccn2)C[C@]2(C)Cc3c(O)cccc3C[C@@H]12. The highest BCUT2D eigenvalue weighted by molar-refractivity contribution is 7.99. The smallest absolute Gasteiger partial charge is 0.119 e. The number of fused-ring (bicyclic) bond motifs is 2. The third-order valence-electron chi connectivity index (χ3n) is 5.98. The quantitative estimate of drug-likeness (QED) is 0.845. The Bertz CT molecular complexity index is 751. The van der Waals surface area contributed by atoms with Crippen molar-refractivity contribution < 1.29 is 5.11 Å². The number of phenolic OH excluding ortho intramolecular Hbond substituents is 1. The maximum absolute atomic E-state index is 10.3. The number of likely N-dealkylation sites (tertiary alicyclic amines) is 1. The highest BCUT2D eigenvalue weighted by atomic mass is 32.2. The summed E-state index contributed by atoms with van der Waals surface area (Å²) in [4.78, 5) is 6.99. The van der Waals surface area contributed by atoms with Gasteiger partial charge in [0.25, 0.3) is 0 Å². The maximum Gasteiger partial charge on any atom is 0.119 e. The van der Waals surface area contributed by atoms with Crippen LogP contribution in [0.3, 0.4) is 0 Å². The molecule has 1 fully saturated rings. The van der Waals surface area contributed by atoms with Crippen LogP contribution in [0.25, 0.3) is 0 Å². The van der Waals surface area contributed by atoms with E-state index in [1.165, 1.54) is 17.5 Å². The third-order valence-corrected chi connectivity index (χ3v) is 7.16. The molecule has 1 N–H and O–H groups in total. The Morgan fingerprint density at radius 3 is 2.96 bits per heavy atom. The van der Waals surface area contributed by atoms with E-state index >= 15 is 0 Å². The zero-order valence-corrected chi connectivity index (χ0v) is 15.8. The highest BCUT2D eigenvalue weighted by Gasteiger charge is 2.46. The molecule has 132 valence electrons. The van der Waals surface area contributed by atoms with Crippen LogP contribution in [0.2, 0.25) is 0 Å². The first-order valence-electron chi connectivity index (χ1n) is 9.09. The molecule has 0 amide bonds. The minimum absolute atomic E-state index is 0.230. The zero-order valence-electron chi connectivity index (χ0n) is 15.0. The lowest BCUT2D eigenvalue weighted by Crippen LogP contribution is -2.56. The van der Waals surface area contributed by atoms with Crippen LogP contribution in [-0.2, 0) is 12.8 Å². The van der Waals surface area contributed by atoms with Gasteiger partial charge in [-0.25, -0.2) is 4.98 Å². The first-order chi connectivity index (χ1) is 12.0. The molecule has 3 atom stereocenters. The molecular weight excluding hydrogens is 328 g/mol. The van der Waals surface area contributed by atoms with Crippen molar-refractivity contribution in [3.05, 3.63) is 53.7 Å². The molecule has 1 aliphatic carbocycles. The van der Waals surface area contributed by atoms with Gasteiger partial charge in [0.05, 0.1) is 5.03 Å². The zero-order chi connectivity index (χ0) is 17.4. The van der Waals surface area contributed by atoms with Gasteiger partial charge in [0, 0.05) is 24.5 Å². The van der Waals surface area contributed by atoms with E-state index in [0.29, 0.717) is 17.7 Å². The Labute approximate surface area is 154 Å². The van der Waals surface area contributed by atoms with Gasteiger partial charge in [0.15, 0.2) is 0 Å². The molecule has 0 unspecified atom stereocenters. The first-order valence-corrected chi connectivity index (χ1v) is 10.1. The van der Waals surface area contributed by atoms with Crippen molar-refractivity contribution in [2.24, 2.45) is 11.3 Å². The standard InChI is InChI=1S/C21H26N2OS/c1-21-11-15(14-25-20-8-3-4-9-22-20)13-23(2)19(21)10-16-6-5-7-18(24)17(16)12-21/h3-9,15,19,24H,10-14H2,1-2H3/t15-,19-,21-/m1/s1. The molecule has 2 aliphatic rings. The number of aromatic hydroxyl groups is 1. The lowest BCUT2D eigenvalue weighted by molar-refractivity contribution is 0.00899. The second-order valence-electron chi connectivity index (χ2n) is 7.95. The average Bonchev–Trinajstić information content (AvgIpc) is 2.60. The van der Waals surface area contributed by atoms with Crippen molar-refractivity contribution in [2.45, 2.75) is 37.3 Å². The van der Waals surface area contributed by atoms with Gasteiger partial charge >= 0.3 is 0 Å². The van der Waals surface area contributed by atoms with E-state index in [9.17, 15) is 5.11 Å². The van der Waals surface area contributed by atoms with Gasteiger partial charge in [0.2, 0.25) is 0 Å². The van der Waals surface area contributed by atoms with Crippen molar-refractivity contribution in [1.82, 2.24) is 9.88 Å². The Balaban J connectivity index is 1.51. The van der Waals surface area contributed by atoms with Gasteiger partial charge in [-0.05, 0) is 67.0 Å². The monoisotopic (exact) mass is 354 g/mol. The van der Waals surface area contributed by atoms with Crippen LogP contribution in [0.4, 0.5) is 0 Å². The largest absolute Gasteiger partial charge is 0.508 e. The summed E-state index contributed by atoms with van der Waals surface area (Å²) in [5, 5.41) is 11.4. The molecule has 25 heavy (non-hydrogen) atoms. The highest BCUT2D eigenvalue weighted by Crippen LogP contribution is 2.48. The first kappa shape index (κ1) is 16.9. The molecule has 1 aliphatic heterocycles. The van der Waals surface area contributed by atoms with Crippen LogP contribution < -0.4 is 0 Å². The van der Waals surface area contributed by atoms with Crippen LogP contribution in [0.15, 0.2) is 47.6 Å². The number of likely N-dealkylation sites (N-methyl/N-ethyl adjacent to an activating group) is 1. The summed E-state index contributed by atoms with van der Waals surface area (Å²) < 4.78 is 0. The molecule has 0 bridgehead atoms. The van der Waals surface area contributed by atoms with Crippen LogP contribution in [0.5, 0.6) is 5.75 Å². The van der Waals surface area contributed by atoms with Crippen molar-refractivity contribution in [1.29, 1.82) is 0 Å². The summed E-state index contributed by atoms with van der Waals surface area (Å²) in [6.45, 7) is 3.56.